The van der Waals surface area contributed by atoms with Gasteiger partial charge in [-0.05, 0) is 29.8 Å². The molecule has 3 rings (SSSR count). The molecule has 0 fully saturated rings. The Morgan fingerprint density at radius 2 is 1.86 bits per heavy atom. The first-order valence-corrected chi connectivity index (χ1v) is 8.64. The number of carbonyl (C=O) groups is 1. The number of alkyl halides is 3. The van der Waals surface area contributed by atoms with Gasteiger partial charge in [-0.2, -0.15) is 18.0 Å². The molecule has 9 heteroatoms. The van der Waals surface area contributed by atoms with Crippen molar-refractivity contribution in [1.29, 1.82) is 0 Å². The molecule has 1 aromatic heterocycles. The van der Waals surface area contributed by atoms with E-state index in [4.69, 9.17) is 0 Å². The minimum atomic E-state index is -4.46. The number of halogens is 3. The van der Waals surface area contributed by atoms with Crippen LogP contribution >= 0.6 is 0 Å². The molecule has 1 amide bonds. The summed E-state index contributed by atoms with van der Waals surface area (Å²) in [5.74, 6) is -0.177. The number of hydrogen-bond donors (Lipinski definition) is 0. The van der Waals surface area contributed by atoms with Crippen molar-refractivity contribution in [1.82, 2.24) is 25.1 Å². The van der Waals surface area contributed by atoms with E-state index >= 15 is 0 Å². The van der Waals surface area contributed by atoms with E-state index in [1.165, 1.54) is 12.1 Å². The smallest absolute Gasteiger partial charge is 0.337 e. The number of nitrogens with zero attached hydrogens (tertiary/aromatic N) is 5. The first-order chi connectivity index (χ1) is 13.4. The average molecular weight is 389 g/mol. The maximum absolute atomic E-state index is 12.9. The molecular formula is C19H18F3N5O. The fourth-order valence-electron chi connectivity index (χ4n) is 2.66. The van der Waals surface area contributed by atoms with Crippen molar-refractivity contribution >= 4 is 5.91 Å². The number of aromatic nitrogens is 4. The van der Waals surface area contributed by atoms with E-state index in [1.54, 1.807) is 4.90 Å². The molecule has 0 aliphatic heterocycles. The van der Waals surface area contributed by atoms with E-state index in [1.807, 2.05) is 37.3 Å². The van der Waals surface area contributed by atoms with Gasteiger partial charge in [-0.3, -0.25) is 4.79 Å². The monoisotopic (exact) mass is 389 g/mol. The predicted octanol–water partition coefficient (Wildman–Crippen LogP) is 3.41. The predicted molar refractivity (Wildman–Crippen MR) is 95.8 cm³/mol. The summed E-state index contributed by atoms with van der Waals surface area (Å²) in [6, 6.07) is 14.2. The molecule has 0 spiro atoms. The summed E-state index contributed by atoms with van der Waals surface area (Å²) in [4.78, 5) is 15.3. The second-order valence-corrected chi connectivity index (χ2v) is 6.12. The molecule has 0 N–H and O–H groups in total. The number of rotatable bonds is 6. The highest BCUT2D eigenvalue weighted by molar-refractivity contribution is 5.75. The van der Waals surface area contributed by atoms with Crippen molar-refractivity contribution < 1.29 is 18.0 Å². The van der Waals surface area contributed by atoms with Crippen molar-refractivity contribution in [2.45, 2.75) is 26.2 Å². The average Bonchev–Trinajstić information content (AvgIpc) is 3.15. The quantitative estimate of drug-likeness (QED) is 0.648. The first-order valence-electron chi connectivity index (χ1n) is 8.64. The molecule has 0 aliphatic rings. The van der Waals surface area contributed by atoms with Gasteiger partial charge in [0.15, 0.2) is 0 Å². The van der Waals surface area contributed by atoms with Gasteiger partial charge in [-0.1, -0.05) is 42.5 Å². The van der Waals surface area contributed by atoms with Crippen LogP contribution in [0.4, 0.5) is 13.2 Å². The van der Waals surface area contributed by atoms with Gasteiger partial charge in [0.05, 0.1) is 5.56 Å². The van der Waals surface area contributed by atoms with Crippen molar-refractivity contribution in [2.24, 2.45) is 0 Å². The van der Waals surface area contributed by atoms with Crippen LogP contribution in [0.25, 0.3) is 11.4 Å². The summed E-state index contributed by atoms with van der Waals surface area (Å²) in [5.41, 5.74) is 0.386. The normalized spacial score (nSPS) is 11.4. The van der Waals surface area contributed by atoms with E-state index in [0.717, 1.165) is 22.5 Å². The van der Waals surface area contributed by atoms with Crippen LogP contribution in [0.5, 0.6) is 0 Å². The molecule has 0 saturated heterocycles. The molecule has 0 aliphatic carbocycles. The van der Waals surface area contributed by atoms with Gasteiger partial charge in [0.1, 0.15) is 6.54 Å². The fourth-order valence-corrected chi connectivity index (χ4v) is 2.66. The van der Waals surface area contributed by atoms with Gasteiger partial charge < -0.3 is 4.90 Å². The lowest BCUT2D eigenvalue weighted by atomic mass is 10.1. The van der Waals surface area contributed by atoms with E-state index in [0.29, 0.717) is 13.1 Å². The lowest BCUT2D eigenvalue weighted by Crippen LogP contribution is -2.33. The Bertz CT molecular complexity index is 940. The van der Waals surface area contributed by atoms with Crippen LogP contribution < -0.4 is 0 Å². The van der Waals surface area contributed by atoms with Crippen LogP contribution in [0, 0.1) is 0 Å². The highest BCUT2D eigenvalue weighted by atomic mass is 19.4. The minimum Gasteiger partial charge on any atom is -0.337 e. The molecule has 0 atom stereocenters. The molecule has 0 unspecified atom stereocenters. The maximum Gasteiger partial charge on any atom is 0.416 e. The third-order valence-corrected chi connectivity index (χ3v) is 4.13. The Hall–Kier alpha value is -3.23. The Morgan fingerprint density at radius 1 is 1.11 bits per heavy atom. The second-order valence-electron chi connectivity index (χ2n) is 6.12. The number of benzene rings is 2. The van der Waals surface area contributed by atoms with Crippen LogP contribution in [-0.4, -0.2) is 37.6 Å². The number of hydrogen-bond acceptors (Lipinski definition) is 4. The van der Waals surface area contributed by atoms with Crippen LogP contribution in [-0.2, 0) is 24.1 Å². The lowest BCUT2D eigenvalue weighted by molar-refractivity contribution is -0.137. The largest absolute Gasteiger partial charge is 0.416 e. The zero-order valence-electron chi connectivity index (χ0n) is 15.1. The van der Waals surface area contributed by atoms with Crippen molar-refractivity contribution in [3.05, 3.63) is 65.7 Å². The van der Waals surface area contributed by atoms with Gasteiger partial charge in [-0.15, -0.1) is 10.2 Å². The minimum absolute atomic E-state index is 0.0324. The van der Waals surface area contributed by atoms with Crippen LogP contribution in [0.1, 0.15) is 18.1 Å². The van der Waals surface area contributed by atoms with Gasteiger partial charge in [0, 0.05) is 18.7 Å². The number of carbonyl (C=O) groups excluding carboxylic acids is 1. The van der Waals surface area contributed by atoms with Gasteiger partial charge in [0.25, 0.3) is 0 Å². The summed E-state index contributed by atoms with van der Waals surface area (Å²) >= 11 is 0. The molecule has 1 heterocycles. The number of amides is 1. The third-order valence-electron chi connectivity index (χ3n) is 4.13. The van der Waals surface area contributed by atoms with Gasteiger partial charge in [0.2, 0.25) is 11.7 Å². The SMILES string of the molecule is CCN(Cc1ccccc1)C(=O)Cn1nnc(-c2cccc(C(F)(F)F)c2)n1. The maximum atomic E-state index is 12.9. The van der Waals surface area contributed by atoms with Crippen LogP contribution in [0.2, 0.25) is 0 Å². The first kappa shape index (κ1) is 19.5. The summed E-state index contributed by atoms with van der Waals surface area (Å²) in [6.45, 7) is 2.67. The molecule has 28 heavy (non-hydrogen) atoms. The summed E-state index contributed by atoms with van der Waals surface area (Å²) in [5, 5.41) is 11.6. The molecule has 3 aromatic rings. The van der Waals surface area contributed by atoms with Crippen LogP contribution in [0.3, 0.4) is 0 Å². The zero-order valence-corrected chi connectivity index (χ0v) is 15.1. The molecule has 0 bridgehead atoms. The fraction of sp³-hybridized carbons (Fsp3) is 0.263. The Balaban J connectivity index is 1.71. The topological polar surface area (TPSA) is 63.9 Å². The molecule has 6 nitrogen and oxygen atoms in total. The van der Waals surface area contributed by atoms with E-state index in [2.05, 4.69) is 15.4 Å². The molecule has 0 radical (unpaired) electrons. The summed E-state index contributed by atoms with van der Waals surface area (Å²) in [7, 11) is 0. The third kappa shape index (κ3) is 4.73. The van der Waals surface area contributed by atoms with E-state index < -0.39 is 11.7 Å². The zero-order chi connectivity index (χ0) is 20.1. The van der Waals surface area contributed by atoms with Gasteiger partial charge in [-0.25, -0.2) is 0 Å². The lowest BCUT2D eigenvalue weighted by Gasteiger charge is -2.20. The van der Waals surface area contributed by atoms with Crippen molar-refractivity contribution in [3.8, 4) is 11.4 Å². The summed E-state index contributed by atoms with van der Waals surface area (Å²) in [6.07, 6.45) is -4.46. The standard InChI is InChI=1S/C19H18F3N5O/c1-2-26(12-14-7-4-3-5-8-14)17(28)13-27-24-18(23-25-27)15-9-6-10-16(11-15)19(20,21)22/h3-11H,2,12-13H2,1H3. The van der Waals surface area contributed by atoms with Crippen molar-refractivity contribution in [2.75, 3.05) is 6.54 Å². The number of tetrazole rings is 1. The Morgan fingerprint density at radius 3 is 2.54 bits per heavy atom. The molecule has 146 valence electrons. The summed E-state index contributed by atoms with van der Waals surface area (Å²) < 4.78 is 38.6. The highest BCUT2D eigenvalue weighted by Crippen LogP contribution is 2.31. The van der Waals surface area contributed by atoms with Crippen molar-refractivity contribution in [3.63, 3.8) is 0 Å². The molecular weight excluding hydrogens is 371 g/mol. The van der Waals surface area contributed by atoms with E-state index in [-0.39, 0.29) is 23.8 Å². The Kier molecular flexibility index (Phi) is 5.72. The van der Waals surface area contributed by atoms with Crippen LogP contribution in [0.15, 0.2) is 54.6 Å². The van der Waals surface area contributed by atoms with Gasteiger partial charge >= 0.3 is 6.18 Å². The highest BCUT2D eigenvalue weighted by Gasteiger charge is 2.30. The number of likely N-dealkylation sites (N-methyl/N-ethyl adjacent to an activating group) is 1. The van der Waals surface area contributed by atoms with E-state index in [9.17, 15) is 18.0 Å². The molecule has 0 saturated carbocycles. The Labute approximate surface area is 159 Å². The second kappa shape index (κ2) is 8.20. The molecule has 2 aromatic carbocycles.